The summed E-state index contributed by atoms with van der Waals surface area (Å²) in [6.07, 6.45) is 25.1. The standard InChI is InChI=1S/C45H73N5/c1-13-15-26-41(33(5)34(6)46-30-14-2)47-35(7)44-40(45(10,11)12)29-31-50(44)36(8)43(39-24-20-17-21-25-39)49-37(9)48-42(28-27-32(3)4)38-22-18-16-19-23-38/h1,14,38-44,46-49H,2-3,5-9,15-31H2,4,10-12H3/t40-,41?,42?,43?,44?/m0/s1. The molecule has 1 aliphatic heterocycles. The van der Waals surface area contributed by atoms with E-state index in [9.17, 15) is 0 Å². The minimum Gasteiger partial charge on any atom is -0.382 e. The van der Waals surface area contributed by atoms with E-state index in [1.165, 1.54) is 69.8 Å². The lowest BCUT2D eigenvalue weighted by Crippen LogP contribution is -2.51. The SMILES string of the molecule is C#CCCC(NC(=C)C1[C@@H](C(C)(C)C)CCN1C(=C)C(NC(=C)NC(CCC(=C)C)C1CCCCC1)C1CCCCC1)C(=C)C(=C)NCC=C. The molecule has 5 nitrogen and oxygen atoms in total. The first kappa shape index (κ1) is 41.2. The van der Waals surface area contributed by atoms with Gasteiger partial charge in [0.2, 0.25) is 0 Å². The molecule has 1 heterocycles. The topological polar surface area (TPSA) is 51.4 Å². The van der Waals surface area contributed by atoms with Crippen molar-refractivity contribution < 1.29 is 0 Å². The molecule has 2 saturated carbocycles. The molecule has 0 radical (unpaired) electrons. The Hall–Kier alpha value is -3.26. The van der Waals surface area contributed by atoms with Crippen molar-refractivity contribution in [1.82, 2.24) is 26.2 Å². The molecule has 0 aromatic carbocycles. The number of hydrogen-bond acceptors (Lipinski definition) is 5. The Morgan fingerprint density at radius 2 is 1.48 bits per heavy atom. The lowest BCUT2D eigenvalue weighted by molar-refractivity contribution is 0.173. The Morgan fingerprint density at radius 1 is 0.860 bits per heavy atom. The average Bonchev–Trinajstić information content (AvgIpc) is 3.56. The van der Waals surface area contributed by atoms with Crippen LogP contribution in [0.3, 0.4) is 0 Å². The Morgan fingerprint density at radius 3 is 2.04 bits per heavy atom. The molecule has 5 heteroatoms. The van der Waals surface area contributed by atoms with Crippen molar-refractivity contribution in [3.63, 3.8) is 0 Å². The van der Waals surface area contributed by atoms with Crippen LogP contribution in [0.1, 0.15) is 124 Å². The van der Waals surface area contributed by atoms with Gasteiger partial charge >= 0.3 is 0 Å². The van der Waals surface area contributed by atoms with Crippen molar-refractivity contribution in [2.24, 2.45) is 23.2 Å². The zero-order valence-electron chi connectivity index (χ0n) is 32.6. The Balaban J connectivity index is 1.88. The van der Waals surface area contributed by atoms with Crippen molar-refractivity contribution in [2.45, 2.75) is 148 Å². The van der Waals surface area contributed by atoms with Gasteiger partial charge in [-0.15, -0.1) is 25.5 Å². The zero-order chi connectivity index (χ0) is 36.8. The number of hydrogen-bond donors (Lipinski definition) is 4. The number of nitrogens with zero attached hydrogens (tertiary/aromatic N) is 1. The first-order valence-corrected chi connectivity index (χ1v) is 19.7. The monoisotopic (exact) mass is 684 g/mol. The van der Waals surface area contributed by atoms with Crippen LogP contribution in [0.5, 0.6) is 0 Å². The lowest BCUT2D eigenvalue weighted by atomic mass is 9.75. The summed E-state index contributed by atoms with van der Waals surface area (Å²) in [4.78, 5) is 2.57. The number of likely N-dealkylation sites (tertiary alicyclic amines) is 1. The van der Waals surface area contributed by atoms with E-state index in [-0.39, 0.29) is 23.5 Å². The van der Waals surface area contributed by atoms with Crippen LogP contribution in [0, 0.1) is 35.5 Å². The summed E-state index contributed by atoms with van der Waals surface area (Å²) >= 11 is 0. The van der Waals surface area contributed by atoms with Gasteiger partial charge in [0.05, 0.1) is 23.9 Å². The van der Waals surface area contributed by atoms with Crippen LogP contribution in [0.2, 0.25) is 0 Å². The van der Waals surface area contributed by atoms with Gasteiger partial charge in [-0.05, 0) is 87.0 Å². The van der Waals surface area contributed by atoms with E-state index >= 15 is 0 Å². The summed E-state index contributed by atoms with van der Waals surface area (Å²) in [5.74, 6) is 5.36. The summed E-state index contributed by atoms with van der Waals surface area (Å²) in [5.41, 5.74) is 5.20. The molecule has 3 aliphatic rings. The van der Waals surface area contributed by atoms with Gasteiger partial charge in [-0.2, -0.15) is 0 Å². The Bertz CT molecular complexity index is 1230. The Kier molecular flexibility index (Phi) is 16.4. The highest BCUT2D eigenvalue weighted by atomic mass is 15.3. The summed E-state index contributed by atoms with van der Waals surface area (Å²) in [6, 6.07) is 0.516. The maximum Gasteiger partial charge on any atom is 0.0920 e. The van der Waals surface area contributed by atoms with Gasteiger partial charge in [-0.25, -0.2) is 0 Å². The highest BCUT2D eigenvalue weighted by Crippen LogP contribution is 2.44. The normalized spacial score (nSPS) is 21.9. The lowest BCUT2D eigenvalue weighted by Gasteiger charge is -2.43. The van der Waals surface area contributed by atoms with Crippen LogP contribution in [-0.2, 0) is 0 Å². The van der Waals surface area contributed by atoms with E-state index in [2.05, 4.69) is 92.7 Å². The maximum absolute atomic E-state index is 5.75. The van der Waals surface area contributed by atoms with Crippen LogP contribution >= 0.6 is 0 Å². The van der Waals surface area contributed by atoms with E-state index < -0.39 is 0 Å². The molecule has 1 saturated heterocycles. The molecule has 0 aromatic rings. The van der Waals surface area contributed by atoms with E-state index in [0.29, 0.717) is 36.8 Å². The molecule has 50 heavy (non-hydrogen) atoms. The second kappa shape index (κ2) is 20.0. The molecule has 0 amide bonds. The number of terminal acetylenes is 1. The first-order valence-electron chi connectivity index (χ1n) is 19.7. The predicted octanol–water partition coefficient (Wildman–Crippen LogP) is 9.87. The molecule has 4 unspecified atom stereocenters. The first-order chi connectivity index (χ1) is 23.8. The quantitative estimate of drug-likeness (QED) is 0.0552. The molecule has 0 bridgehead atoms. The predicted molar refractivity (Wildman–Crippen MR) is 218 cm³/mol. The van der Waals surface area contributed by atoms with Gasteiger partial charge in [0.15, 0.2) is 0 Å². The highest BCUT2D eigenvalue weighted by Gasteiger charge is 2.45. The van der Waals surface area contributed by atoms with Crippen LogP contribution in [0.25, 0.3) is 0 Å². The molecule has 4 N–H and O–H groups in total. The third kappa shape index (κ3) is 11.9. The van der Waals surface area contributed by atoms with Gasteiger partial charge < -0.3 is 26.2 Å². The minimum atomic E-state index is -0.0770. The van der Waals surface area contributed by atoms with E-state index in [4.69, 9.17) is 19.6 Å². The zero-order valence-corrected chi connectivity index (χ0v) is 32.6. The largest absolute Gasteiger partial charge is 0.382 e. The molecule has 0 aromatic heterocycles. The third-order valence-electron chi connectivity index (χ3n) is 11.7. The molecule has 278 valence electrons. The van der Waals surface area contributed by atoms with Gasteiger partial charge in [0.25, 0.3) is 0 Å². The third-order valence-corrected chi connectivity index (χ3v) is 11.7. The van der Waals surface area contributed by atoms with E-state index in [1.807, 2.05) is 6.08 Å². The van der Waals surface area contributed by atoms with Crippen LogP contribution in [0.15, 0.2) is 86.2 Å². The van der Waals surface area contributed by atoms with Crippen molar-refractivity contribution in [3.05, 3.63) is 86.2 Å². The maximum atomic E-state index is 5.75. The Labute approximate surface area is 308 Å². The van der Waals surface area contributed by atoms with Gasteiger partial charge in [-0.3, -0.25) is 0 Å². The fourth-order valence-corrected chi connectivity index (χ4v) is 8.78. The minimum absolute atomic E-state index is 0.0770. The van der Waals surface area contributed by atoms with Crippen molar-refractivity contribution in [1.29, 1.82) is 0 Å². The summed E-state index contributed by atoms with van der Waals surface area (Å²) in [7, 11) is 0. The number of rotatable bonds is 21. The number of allylic oxidation sites excluding steroid dienone is 1. The molecule has 5 atom stereocenters. The molecular formula is C45H73N5. The van der Waals surface area contributed by atoms with Gasteiger partial charge in [0.1, 0.15) is 0 Å². The highest BCUT2D eigenvalue weighted by molar-refractivity contribution is 5.32. The fourth-order valence-electron chi connectivity index (χ4n) is 8.78. The molecule has 0 spiro atoms. The van der Waals surface area contributed by atoms with Crippen LogP contribution in [-0.4, -0.2) is 42.2 Å². The smallest absolute Gasteiger partial charge is 0.0920 e. The van der Waals surface area contributed by atoms with Gasteiger partial charge in [-0.1, -0.05) is 104 Å². The molecule has 3 fully saturated rings. The molecule has 2 aliphatic carbocycles. The van der Waals surface area contributed by atoms with Crippen molar-refractivity contribution in [3.8, 4) is 12.3 Å². The van der Waals surface area contributed by atoms with Crippen molar-refractivity contribution >= 4 is 0 Å². The average molecular weight is 684 g/mol. The summed E-state index contributed by atoms with van der Waals surface area (Å²) in [5, 5.41) is 15.0. The summed E-state index contributed by atoms with van der Waals surface area (Å²) in [6.45, 7) is 41.8. The van der Waals surface area contributed by atoms with Crippen molar-refractivity contribution in [2.75, 3.05) is 13.1 Å². The number of nitrogens with one attached hydrogen (secondary N) is 4. The molecule has 3 rings (SSSR count). The van der Waals surface area contributed by atoms with Gasteiger partial charge in [0, 0.05) is 42.6 Å². The fraction of sp³-hybridized carbons (Fsp3) is 0.644. The molecular weight excluding hydrogens is 611 g/mol. The van der Waals surface area contributed by atoms with E-state index in [1.54, 1.807) is 0 Å². The summed E-state index contributed by atoms with van der Waals surface area (Å²) < 4.78 is 0. The second-order valence-corrected chi connectivity index (χ2v) is 16.7. The van der Waals surface area contributed by atoms with E-state index in [0.717, 1.165) is 60.7 Å². The van der Waals surface area contributed by atoms with Crippen LogP contribution < -0.4 is 21.3 Å². The second-order valence-electron chi connectivity index (χ2n) is 16.7. The van der Waals surface area contributed by atoms with Crippen LogP contribution in [0.4, 0.5) is 0 Å².